The largest absolute Gasteiger partial charge is 0.464 e. The Labute approximate surface area is 135 Å². The van der Waals surface area contributed by atoms with Crippen LogP contribution in [0.3, 0.4) is 0 Å². The van der Waals surface area contributed by atoms with Gasteiger partial charge in [0.1, 0.15) is 0 Å². The minimum Gasteiger partial charge on any atom is -0.464 e. The van der Waals surface area contributed by atoms with Crippen LogP contribution in [-0.4, -0.2) is 18.1 Å². The molecule has 0 spiro atoms. The summed E-state index contributed by atoms with van der Waals surface area (Å²) in [6.45, 7) is 0.786. The summed E-state index contributed by atoms with van der Waals surface area (Å²) in [5, 5.41) is 0.230. The van der Waals surface area contributed by atoms with Gasteiger partial charge in [0.05, 0.1) is 22.8 Å². The average molecular weight is 346 g/mol. The van der Waals surface area contributed by atoms with E-state index in [0.717, 1.165) is 6.92 Å². The zero-order valence-electron chi connectivity index (χ0n) is 11.7. The van der Waals surface area contributed by atoms with Crippen molar-refractivity contribution in [3.8, 4) is 11.3 Å². The summed E-state index contributed by atoms with van der Waals surface area (Å²) in [6.07, 6.45) is 0. The maximum absolute atomic E-state index is 13.3. The predicted octanol–water partition coefficient (Wildman–Crippen LogP) is 4.95. The first kappa shape index (κ1) is 16.6. The lowest BCUT2D eigenvalue weighted by atomic mass is 10.0. The third kappa shape index (κ3) is 3.36. The van der Waals surface area contributed by atoms with Crippen molar-refractivity contribution in [1.82, 2.24) is 4.98 Å². The summed E-state index contributed by atoms with van der Waals surface area (Å²) in [5.74, 6) is -3.69. The Morgan fingerprint density at radius 3 is 2.41 bits per heavy atom. The number of esters is 1. The Bertz CT molecular complexity index is 730. The van der Waals surface area contributed by atoms with E-state index in [2.05, 4.69) is 9.72 Å². The minimum atomic E-state index is -2.99. The molecule has 0 saturated heterocycles. The van der Waals surface area contributed by atoms with Crippen LogP contribution in [-0.2, 0) is 10.7 Å². The van der Waals surface area contributed by atoms with Gasteiger partial charge in [0.15, 0.2) is 5.69 Å². The van der Waals surface area contributed by atoms with Crippen molar-refractivity contribution in [1.29, 1.82) is 0 Å². The zero-order chi connectivity index (χ0) is 16.5. The number of halogens is 4. The van der Waals surface area contributed by atoms with Crippen LogP contribution >= 0.6 is 23.2 Å². The molecule has 0 atom stereocenters. The van der Waals surface area contributed by atoms with E-state index in [0.29, 0.717) is 11.3 Å². The van der Waals surface area contributed by atoms with Crippen LogP contribution in [0.4, 0.5) is 8.78 Å². The number of pyridine rings is 1. The number of hydrogen-bond donors (Lipinski definition) is 0. The highest BCUT2D eigenvalue weighted by molar-refractivity contribution is 6.34. The number of nitrogens with zero attached hydrogens (tertiary/aromatic N) is 1. The molecule has 3 nitrogen and oxygen atoms in total. The molecule has 0 radical (unpaired) electrons. The van der Waals surface area contributed by atoms with Crippen LogP contribution in [0.2, 0.25) is 10.0 Å². The van der Waals surface area contributed by atoms with E-state index in [-0.39, 0.29) is 21.3 Å². The molecule has 1 aromatic heterocycles. The average Bonchev–Trinajstić information content (AvgIpc) is 2.46. The van der Waals surface area contributed by atoms with E-state index < -0.39 is 11.9 Å². The highest BCUT2D eigenvalue weighted by Crippen LogP contribution is 2.34. The maximum atomic E-state index is 13.3. The molecule has 0 aliphatic carbocycles. The van der Waals surface area contributed by atoms with Crippen LogP contribution in [0, 0.1) is 0 Å². The molecule has 1 heterocycles. The van der Waals surface area contributed by atoms with Crippen molar-refractivity contribution in [3.63, 3.8) is 0 Å². The number of hydrogen-bond acceptors (Lipinski definition) is 3. The molecule has 0 unspecified atom stereocenters. The topological polar surface area (TPSA) is 39.2 Å². The number of methoxy groups -OCH3 is 1. The van der Waals surface area contributed by atoms with Gasteiger partial charge in [-0.1, -0.05) is 35.3 Å². The van der Waals surface area contributed by atoms with Gasteiger partial charge >= 0.3 is 5.97 Å². The molecule has 0 aliphatic rings. The summed E-state index contributed by atoms with van der Waals surface area (Å²) in [6, 6.07) is 6.86. The Kier molecular flexibility index (Phi) is 4.68. The highest BCUT2D eigenvalue weighted by atomic mass is 35.5. The summed E-state index contributed by atoms with van der Waals surface area (Å²) in [4.78, 5) is 15.7. The van der Waals surface area contributed by atoms with Crippen LogP contribution < -0.4 is 0 Å². The van der Waals surface area contributed by atoms with Crippen LogP contribution in [0.1, 0.15) is 23.0 Å². The van der Waals surface area contributed by atoms with Crippen molar-refractivity contribution in [2.45, 2.75) is 12.8 Å². The van der Waals surface area contributed by atoms with Gasteiger partial charge in [-0.3, -0.25) is 0 Å². The number of ether oxygens (including phenoxy) is 1. The molecule has 7 heteroatoms. The third-order valence-electron chi connectivity index (χ3n) is 2.98. The molecule has 1 aromatic carbocycles. The molecule has 0 N–H and O–H groups in total. The van der Waals surface area contributed by atoms with E-state index in [9.17, 15) is 13.6 Å². The fourth-order valence-corrected chi connectivity index (χ4v) is 2.29. The summed E-state index contributed by atoms with van der Waals surface area (Å²) < 4.78 is 31.2. The second-order valence-electron chi connectivity index (χ2n) is 4.60. The fourth-order valence-electron chi connectivity index (χ4n) is 1.83. The summed E-state index contributed by atoms with van der Waals surface area (Å²) in [5.41, 5.74) is 0.475. The molecular formula is C15H11Cl2F2NO2. The third-order valence-corrected chi connectivity index (χ3v) is 3.59. The Hall–Kier alpha value is -1.72. The van der Waals surface area contributed by atoms with E-state index in [1.54, 1.807) is 6.07 Å². The first-order valence-corrected chi connectivity index (χ1v) is 6.92. The van der Waals surface area contributed by atoms with Gasteiger partial charge in [-0.05, 0) is 18.2 Å². The van der Waals surface area contributed by atoms with E-state index >= 15 is 0 Å². The van der Waals surface area contributed by atoms with Gasteiger partial charge < -0.3 is 4.74 Å². The second-order valence-corrected chi connectivity index (χ2v) is 5.42. The molecule has 0 saturated carbocycles. The molecule has 0 bridgehead atoms. The Balaban J connectivity index is 2.51. The SMILES string of the molecule is COC(=O)c1nc(-c2ccc(C(C)(F)F)cc2Cl)ccc1Cl. The molecule has 2 rings (SSSR count). The lowest BCUT2D eigenvalue weighted by Gasteiger charge is -2.13. The lowest BCUT2D eigenvalue weighted by Crippen LogP contribution is -2.07. The van der Waals surface area contributed by atoms with Gasteiger partial charge in [-0.25, -0.2) is 18.6 Å². The van der Waals surface area contributed by atoms with E-state index in [1.165, 1.54) is 31.4 Å². The molecule has 116 valence electrons. The molecule has 2 aromatic rings. The number of benzene rings is 1. The second kappa shape index (κ2) is 6.18. The van der Waals surface area contributed by atoms with Crippen LogP contribution in [0.25, 0.3) is 11.3 Å². The molecule has 0 aliphatic heterocycles. The smallest absolute Gasteiger partial charge is 0.358 e. The van der Waals surface area contributed by atoms with Gasteiger partial charge in [-0.2, -0.15) is 0 Å². The monoisotopic (exact) mass is 345 g/mol. The molecular weight excluding hydrogens is 335 g/mol. The Morgan fingerprint density at radius 1 is 1.18 bits per heavy atom. The quantitative estimate of drug-likeness (QED) is 0.738. The number of rotatable bonds is 3. The Morgan fingerprint density at radius 2 is 1.86 bits per heavy atom. The molecule has 22 heavy (non-hydrogen) atoms. The zero-order valence-corrected chi connectivity index (χ0v) is 13.2. The van der Waals surface area contributed by atoms with Gasteiger partial charge in [0.2, 0.25) is 0 Å². The van der Waals surface area contributed by atoms with Crippen LogP contribution in [0.5, 0.6) is 0 Å². The van der Waals surface area contributed by atoms with Gasteiger partial charge in [-0.15, -0.1) is 0 Å². The van der Waals surface area contributed by atoms with Crippen molar-refractivity contribution >= 4 is 29.2 Å². The van der Waals surface area contributed by atoms with E-state index in [4.69, 9.17) is 23.2 Å². The number of carbonyl (C=O) groups is 1. The van der Waals surface area contributed by atoms with Gasteiger partial charge in [0, 0.05) is 18.1 Å². The fraction of sp³-hybridized carbons (Fsp3) is 0.200. The first-order valence-electron chi connectivity index (χ1n) is 6.17. The summed E-state index contributed by atoms with van der Waals surface area (Å²) >= 11 is 11.9. The van der Waals surface area contributed by atoms with E-state index in [1.807, 2.05) is 0 Å². The maximum Gasteiger partial charge on any atom is 0.358 e. The normalized spacial score (nSPS) is 11.4. The summed E-state index contributed by atoms with van der Waals surface area (Å²) in [7, 11) is 1.21. The van der Waals surface area contributed by atoms with Gasteiger partial charge in [0.25, 0.3) is 5.92 Å². The first-order chi connectivity index (χ1) is 10.2. The number of carbonyl (C=O) groups excluding carboxylic acids is 1. The van der Waals surface area contributed by atoms with Crippen molar-refractivity contribution < 1.29 is 18.3 Å². The van der Waals surface area contributed by atoms with Crippen molar-refractivity contribution in [2.75, 3.05) is 7.11 Å². The standard InChI is InChI=1S/C15H11Cl2F2NO2/c1-15(18,19)8-3-4-9(11(17)7-8)12-6-5-10(16)13(20-12)14(21)22-2/h3-7H,1-2H3. The molecule has 0 fully saturated rings. The van der Waals surface area contributed by atoms with Crippen molar-refractivity contribution in [3.05, 3.63) is 51.6 Å². The lowest BCUT2D eigenvalue weighted by molar-refractivity contribution is 0.0175. The number of alkyl halides is 2. The van der Waals surface area contributed by atoms with Crippen molar-refractivity contribution in [2.24, 2.45) is 0 Å². The molecule has 0 amide bonds. The number of aromatic nitrogens is 1. The van der Waals surface area contributed by atoms with Crippen LogP contribution in [0.15, 0.2) is 30.3 Å². The predicted molar refractivity (Wildman–Crippen MR) is 80.6 cm³/mol. The highest BCUT2D eigenvalue weighted by Gasteiger charge is 2.25. The minimum absolute atomic E-state index is 0.0670.